The molecule has 0 saturated heterocycles. The van der Waals surface area contributed by atoms with Crippen LogP contribution in [-0.2, 0) is 5.41 Å². The number of benzene rings is 1. The lowest BCUT2D eigenvalue weighted by Gasteiger charge is -2.35. The molecule has 0 spiro atoms. The molecular weight excluding hydrogens is 248 g/mol. The van der Waals surface area contributed by atoms with Crippen molar-refractivity contribution in [2.45, 2.75) is 50.8 Å². The zero-order chi connectivity index (χ0) is 14.2. The second-order valence-corrected chi connectivity index (χ2v) is 6.07. The van der Waals surface area contributed by atoms with Gasteiger partial charge < -0.3 is 15.8 Å². The van der Waals surface area contributed by atoms with Gasteiger partial charge in [-0.15, -0.1) is 0 Å². The Kier molecular flexibility index (Phi) is 3.57. The molecule has 0 bridgehead atoms. The van der Waals surface area contributed by atoms with Crippen molar-refractivity contribution >= 4 is 0 Å². The molecule has 0 aromatic heterocycles. The first kappa shape index (κ1) is 13.7. The van der Waals surface area contributed by atoms with Crippen LogP contribution in [0.25, 0.3) is 0 Å². The predicted octanol–water partition coefficient (Wildman–Crippen LogP) is 2.63. The van der Waals surface area contributed by atoms with E-state index in [1.807, 2.05) is 6.92 Å². The third-order valence-electron chi connectivity index (χ3n) is 4.56. The first-order chi connectivity index (χ1) is 9.63. The van der Waals surface area contributed by atoms with Crippen LogP contribution in [0.15, 0.2) is 30.4 Å². The number of allylic oxidation sites excluding steroid dienone is 1. The number of hydrogen-bond donors (Lipinski definition) is 2. The normalized spacial score (nSPS) is 28.6. The number of aryl methyl sites for hydroxylation is 1. The van der Waals surface area contributed by atoms with Gasteiger partial charge in [-0.1, -0.05) is 24.3 Å². The highest BCUT2D eigenvalue weighted by atomic mass is 16.5. The number of ether oxygens (including phenoxy) is 1. The Morgan fingerprint density at radius 1 is 1.50 bits per heavy atom. The lowest BCUT2D eigenvalue weighted by atomic mass is 9.69. The van der Waals surface area contributed by atoms with Gasteiger partial charge in [0.05, 0.1) is 11.6 Å². The summed E-state index contributed by atoms with van der Waals surface area (Å²) in [5, 5.41) is 3.34. The van der Waals surface area contributed by atoms with E-state index in [9.17, 15) is 0 Å². The molecule has 1 aliphatic carbocycles. The Balaban J connectivity index is 1.96. The summed E-state index contributed by atoms with van der Waals surface area (Å²) in [6, 6.07) is 6.38. The van der Waals surface area contributed by atoms with E-state index in [4.69, 9.17) is 10.5 Å². The molecule has 3 N–H and O–H groups in total. The highest BCUT2D eigenvalue weighted by molar-refractivity contribution is 5.53. The summed E-state index contributed by atoms with van der Waals surface area (Å²) >= 11 is 0. The van der Waals surface area contributed by atoms with Crippen molar-refractivity contribution in [3.05, 3.63) is 41.5 Å². The number of hydrogen-bond acceptors (Lipinski definition) is 3. The Hall–Kier alpha value is -1.32. The molecule has 1 heterocycles. The fourth-order valence-corrected chi connectivity index (χ4v) is 3.68. The van der Waals surface area contributed by atoms with Gasteiger partial charge in [0, 0.05) is 5.56 Å². The van der Waals surface area contributed by atoms with Crippen LogP contribution in [0.1, 0.15) is 37.3 Å². The molecule has 0 fully saturated rings. The smallest absolute Gasteiger partial charge is 0.124 e. The van der Waals surface area contributed by atoms with E-state index < -0.39 is 0 Å². The average Bonchev–Trinajstić information content (AvgIpc) is 2.73. The molecule has 2 aliphatic rings. The summed E-state index contributed by atoms with van der Waals surface area (Å²) in [6.45, 7) is 5.08. The molecule has 3 heteroatoms. The van der Waals surface area contributed by atoms with Crippen molar-refractivity contribution < 1.29 is 4.74 Å². The topological polar surface area (TPSA) is 47.3 Å². The van der Waals surface area contributed by atoms with Crippen LogP contribution in [-0.4, -0.2) is 18.8 Å². The van der Waals surface area contributed by atoms with Crippen molar-refractivity contribution in [3.63, 3.8) is 0 Å². The summed E-state index contributed by atoms with van der Waals surface area (Å²) in [6.07, 6.45) is 8.25. The molecule has 1 unspecified atom stereocenters. The SMILES string of the molecule is Cc1cccc2c1[C@]1(CCN[C@H](C)N)C=CCCC1O2. The second kappa shape index (κ2) is 5.23. The predicted molar refractivity (Wildman–Crippen MR) is 81.9 cm³/mol. The third-order valence-corrected chi connectivity index (χ3v) is 4.56. The van der Waals surface area contributed by atoms with Gasteiger partial charge in [-0.2, -0.15) is 0 Å². The third kappa shape index (κ3) is 2.15. The average molecular weight is 272 g/mol. The van der Waals surface area contributed by atoms with Gasteiger partial charge in [0.1, 0.15) is 11.9 Å². The molecule has 3 rings (SSSR count). The Bertz CT molecular complexity index is 524. The molecule has 1 aliphatic heterocycles. The van der Waals surface area contributed by atoms with Gasteiger partial charge in [0.25, 0.3) is 0 Å². The standard InChI is InChI=1S/C17H24N2O/c1-12-6-5-7-14-16(12)17(10-11-19-13(2)18)9-4-3-8-15(17)20-14/h4-7,9,13,15,19H,3,8,10-11,18H2,1-2H3/t13-,15?,17+/m1/s1. The van der Waals surface area contributed by atoms with E-state index in [0.29, 0.717) is 0 Å². The molecule has 1 aromatic rings. The van der Waals surface area contributed by atoms with Crippen molar-refractivity contribution in [3.8, 4) is 5.75 Å². The fourth-order valence-electron chi connectivity index (χ4n) is 3.68. The number of fused-ring (bicyclic) bond motifs is 3. The molecule has 3 atom stereocenters. The minimum atomic E-state index is 0.0286. The molecule has 1 aromatic carbocycles. The van der Waals surface area contributed by atoms with E-state index in [2.05, 4.69) is 42.6 Å². The Morgan fingerprint density at radius 2 is 2.35 bits per heavy atom. The molecule has 0 amide bonds. The van der Waals surface area contributed by atoms with E-state index >= 15 is 0 Å². The largest absolute Gasteiger partial charge is 0.489 e. The van der Waals surface area contributed by atoms with E-state index in [1.54, 1.807) is 0 Å². The Labute approximate surface area is 121 Å². The summed E-state index contributed by atoms with van der Waals surface area (Å²) in [5.74, 6) is 1.07. The van der Waals surface area contributed by atoms with Gasteiger partial charge in [-0.3, -0.25) is 0 Å². The van der Waals surface area contributed by atoms with E-state index in [0.717, 1.165) is 31.6 Å². The van der Waals surface area contributed by atoms with Crippen molar-refractivity contribution in [2.75, 3.05) is 6.54 Å². The lowest BCUT2D eigenvalue weighted by molar-refractivity contribution is 0.149. The van der Waals surface area contributed by atoms with Gasteiger partial charge in [0.2, 0.25) is 0 Å². The Morgan fingerprint density at radius 3 is 3.15 bits per heavy atom. The van der Waals surface area contributed by atoms with Gasteiger partial charge in [-0.25, -0.2) is 0 Å². The van der Waals surface area contributed by atoms with Crippen LogP contribution in [0.4, 0.5) is 0 Å². The summed E-state index contributed by atoms with van der Waals surface area (Å²) in [5.41, 5.74) is 8.55. The summed E-state index contributed by atoms with van der Waals surface area (Å²) in [4.78, 5) is 0. The lowest BCUT2D eigenvalue weighted by Crippen LogP contribution is -2.43. The number of nitrogens with two attached hydrogens (primary N) is 1. The first-order valence-electron chi connectivity index (χ1n) is 7.57. The molecule has 3 nitrogen and oxygen atoms in total. The minimum absolute atomic E-state index is 0.0286. The van der Waals surface area contributed by atoms with Crippen LogP contribution in [0.2, 0.25) is 0 Å². The molecule has 108 valence electrons. The van der Waals surface area contributed by atoms with Crippen LogP contribution in [0.5, 0.6) is 5.75 Å². The van der Waals surface area contributed by atoms with Crippen molar-refractivity contribution in [2.24, 2.45) is 5.73 Å². The zero-order valence-corrected chi connectivity index (χ0v) is 12.4. The zero-order valence-electron chi connectivity index (χ0n) is 12.4. The molecular formula is C17H24N2O. The van der Waals surface area contributed by atoms with Crippen LogP contribution < -0.4 is 15.8 Å². The highest BCUT2D eigenvalue weighted by Gasteiger charge is 2.48. The molecule has 0 radical (unpaired) electrons. The minimum Gasteiger partial charge on any atom is -0.489 e. The van der Waals surface area contributed by atoms with Crippen LogP contribution in [0, 0.1) is 6.92 Å². The first-order valence-corrected chi connectivity index (χ1v) is 7.57. The van der Waals surface area contributed by atoms with E-state index in [1.165, 1.54) is 11.1 Å². The maximum atomic E-state index is 6.24. The highest BCUT2D eigenvalue weighted by Crippen LogP contribution is 2.50. The van der Waals surface area contributed by atoms with Crippen LogP contribution >= 0.6 is 0 Å². The number of rotatable bonds is 4. The van der Waals surface area contributed by atoms with Gasteiger partial charge in [-0.05, 0) is 51.3 Å². The van der Waals surface area contributed by atoms with Crippen LogP contribution in [0.3, 0.4) is 0 Å². The summed E-state index contributed by atoms with van der Waals surface area (Å²) < 4.78 is 6.24. The number of nitrogens with one attached hydrogen (secondary N) is 1. The molecule has 0 saturated carbocycles. The fraction of sp³-hybridized carbons (Fsp3) is 0.529. The maximum absolute atomic E-state index is 6.24. The second-order valence-electron chi connectivity index (χ2n) is 6.07. The van der Waals surface area contributed by atoms with Crippen molar-refractivity contribution in [1.29, 1.82) is 0 Å². The van der Waals surface area contributed by atoms with Gasteiger partial charge >= 0.3 is 0 Å². The van der Waals surface area contributed by atoms with E-state index in [-0.39, 0.29) is 17.7 Å². The monoisotopic (exact) mass is 272 g/mol. The maximum Gasteiger partial charge on any atom is 0.124 e. The van der Waals surface area contributed by atoms with Gasteiger partial charge in [0.15, 0.2) is 0 Å². The molecule has 20 heavy (non-hydrogen) atoms. The quantitative estimate of drug-likeness (QED) is 0.654. The summed E-state index contributed by atoms with van der Waals surface area (Å²) in [7, 11) is 0. The van der Waals surface area contributed by atoms with Crippen molar-refractivity contribution in [1.82, 2.24) is 5.32 Å².